The first kappa shape index (κ1) is 14.7. The van der Waals surface area contributed by atoms with Gasteiger partial charge < -0.3 is 5.11 Å². The second-order valence-electron chi connectivity index (χ2n) is 5.92. The van der Waals surface area contributed by atoms with Gasteiger partial charge in [-0.15, -0.1) is 0 Å². The Bertz CT molecular complexity index is 239. The molecule has 100 valence electrons. The molecule has 0 unspecified atom stereocenters. The highest BCUT2D eigenvalue weighted by atomic mass is 16.3. The first-order valence-electron chi connectivity index (χ1n) is 6.90. The van der Waals surface area contributed by atoms with Crippen molar-refractivity contribution in [2.24, 2.45) is 5.92 Å². The van der Waals surface area contributed by atoms with Gasteiger partial charge in [-0.2, -0.15) is 0 Å². The fraction of sp³-hybridized carbons (Fsp3) is 0.929. The molecule has 3 heteroatoms. The zero-order chi connectivity index (χ0) is 12.9. The van der Waals surface area contributed by atoms with E-state index in [1.165, 1.54) is 19.3 Å². The summed E-state index contributed by atoms with van der Waals surface area (Å²) >= 11 is 0. The summed E-state index contributed by atoms with van der Waals surface area (Å²) in [5.41, 5.74) is -0.719. The van der Waals surface area contributed by atoms with Gasteiger partial charge in [-0.1, -0.05) is 26.2 Å². The number of carbonyl (C=O) groups excluding carboxylic acids is 1. The van der Waals surface area contributed by atoms with Gasteiger partial charge in [0, 0.05) is 12.5 Å². The number of Topliss-reactive ketones (excluding diaryl/α,β-unsaturated/α-hetero) is 1. The number of carbonyl (C=O) groups is 1. The molecule has 0 amide bonds. The molecule has 0 spiro atoms. The highest BCUT2D eigenvalue weighted by molar-refractivity contribution is 5.83. The molecule has 0 aromatic rings. The molecular formula is C14H27NO2. The summed E-state index contributed by atoms with van der Waals surface area (Å²) in [7, 11) is 0. The lowest BCUT2D eigenvalue weighted by molar-refractivity contribution is -0.125. The maximum Gasteiger partial charge on any atom is 0.149 e. The van der Waals surface area contributed by atoms with Crippen molar-refractivity contribution in [1.29, 1.82) is 0 Å². The van der Waals surface area contributed by atoms with E-state index in [2.05, 4.69) is 4.90 Å². The van der Waals surface area contributed by atoms with E-state index in [1.807, 2.05) is 6.92 Å². The van der Waals surface area contributed by atoms with Gasteiger partial charge in [0.1, 0.15) is 5.78 Å². The lowest BCUT2D eigenvalue weighted by atomic mass is 9.86. The number of hydrogen-bond acceptors (Lipinski definition) is 3. The molecule has 1 rings (SSSR count). The van der Waals surface area contributed by atoms with Crippen LogP contribution in [-0.2, 0) is 4.79 Å². The van der Waals surface area contributed by atoms with Crippen LogP contribution in [0.4, 0.5) is 0 Å². The maximum absolute atomic E-state index is 12.1. The van der Waals surface area contributed by atoms with Crippen LogP contribution in [0.2, 0.25) is 0 Å². The fourth-order valence-corrected chi connectivity index (χ4v) is 2.60. The Morgan fingerprint density at radius 3 is 2.35 bits per heavy atom. The summed E-state index contributed by atoms with van der Waals surface area (Å²) in [6.07, 6.45) is 5.82. The quantitative estimate of drug-likeness (QED) is 0.775. The van der Waals surface area contributed by atoms with Crippen molar-refractivity contribution in [3.8, 4) is 0 Å². The van der Waals surface area contributed by atoms with Crippen molar-refractivity contribution in [1.82, 2.24) is 4.90 Å². The summed E-state index contributed by atoms with van der Waals surface area (Å²) in [6.45, 7) is 7.52. The monoisotopic (exact) mass is 241 g/mol. The first-order chi connectivity index (χ1) is 7.92. The minimum absolute atomic E-state index is 0.277. The number of aliphatic hydroxyl groups is 1. The summed E-state index contributed by atoms with van der Waals surface area (Å²) in [4.78, 5) is 14.2. The molecule has 0 bridgehead atoms. The molecule has 0 aromatic carbocycles. The Balaban J connectivity index is 2.41. The van der Waals surface area contributed by atoms with Crippen molar-refractivity contribution < 1.29 is 9.90 Å². The number of nitrogens with zero attached hydrogens (tertiary/aromatic N) is 1. The average Bonchev–Trinajstić information content (AvgIpc) is 2.27. The predicted octanol–water partition coefficient (Wildman–Crippen LogP) is 2.23. The highest BCUT2D eigenvalue weighted by Crippen LogP contribution is 2.24. The van der Waals surface area contributed by atoms with Crippen LogP contribution in [0.1, 0.15) is 52.9 Å². The van der Waals surface area contributed by atoms with E-state index in [9.17, 15) is 9.90 Å². The van der Waals surface area contributed by atoms with E-state index < -0.39 is 5.60 Å². The van der Waals surface area contributed by atoms with Crippen LogP contribution in [-0.4, -0.2) is 41.0 Å². The smallest absolute Gasteiger partial charge is 0.149 e. The molecule has 0 saturated heterocycles. The molecule has 1 aliphatic carbocycles. The molecule has 0 aromatic heterocycles. The largest absolute Gasteiger partial charge is 0.389 e. The van der Waals surface area contributed by atoms with E-state index in [0.717, 1.165) is 19.4 Å². The molecule has 1 aliphatic rings. The Morgan fingerprint density at radius 2 is 1.88 bits per heavy atom. The van der Waals surface area contributed by atoms with Gasteiger partial charge in [-0.3, -0.25) is 9.69 Å². The van der Waals surface area contributed by atoms with Crippen LogP contribution in [0.5, 0.6) is 0 Å². The zero-order valence-corrected chi connectivity index (χ0v) is 11.5. The molecule has 1 fully saturated rings. The first-order valence-corrected chi connectivity index (χ1v) is 6.90. The molecule has 0 radical (unpaired) electrons. The molecule has 0 aliphatic heterocycles. The highest BCUT2D eigenvalue weighted by Gasteiger charge is 2.24. The van der Waals surface area contributed by atoms with Gasteiger partial charge in [0.15, 0.2) is 0 Å². The summed E-state index contributed by atoms with van der Waals surface area (Å²) in [6, 6.07) is 0. The van der Waals surface area contributed by atoms with Gasteiger partial charge in [0.2, 0.25) is 0 Å². The lowest BCUT2D eigenvalue weighted by Gasteiger charge is -2.29. The normalized spacial score (nSPS) is 18.6. The summed E-state index contributed by atoms with van der Waals surface area (Å²) in [5.74, 6) is 0.649. The van der Waals surface area contributed by atoms with Crippen molar-refractivity contribution in [3.05, 3.63) is 0 Å². The van der Waals surface area contributed by atoms with Crippen LogP contribution in [0, 0.1) is 5.92 Å². The van der Waals surface area contributed by atoms with Gasteiger partial charge in [0.25, 0.3) is 0 Å². The fourth-order valence-electron chi connectivity index (χ4n) is 2.60. The number of rotatable bonds is 6. The van der Waals surface area contributed by atoms with Crippen LogP contribution in [0.25, 0.3) is 0 Å². The molecule has 3 nitrogen and oxygen atoms in total. The van der Waals surface area contributed by atoms with E-state index in [-0.39, 0.29) is 5.92 Å². The Kier molecular flexibility index (Phi) is 5.60. The Labute approximate surface area is 105 Å². The van der Waals surface area contributed by atoms with Crippen molar-refractivity contribution in [2.45, 2.75) is 58.5 Å². The van der Waals surface area contributed by atoms with E-state index in [1.54, 1.807) is 13.8 Å². The zero-order valence-electron chi connectivity index (χ0n) is 11.5. The number of hydrogen-bond donors (Lipinski definition) is 1. The third-order valence-electron chi connectivity index (χ3n) is 3.50. The van der Waals surface area contributed by atoms with E-state index in [0.29, 0.717) is 18.9 Å². The second-order valence-corrected chi connectivity index (χ2v) is 5.92. The van der Waals surface area contributed by atoms with Crippen molar-refractivity contribution in [3.63, 3.8) is 0 Å². The minimum Gasteiger partial charge on any atom is -0.389 e. The van der Waals surface area contributed by atoms with E-state index >= 15 is 0 Å². The van der Waals surface area contributed by atoms with Crippen LogP contribution in [0.15, 0.2) is 0 Å². The lowest BCUT2D eigenvalue weighted by Crippen LogP contribution is -2.42. The minimum atomic E-state index is -0.719. The van der Waals surface area contributed by atoms with Crippen molar-refractivity contribution >= 4 is 5.78 Å². The molecule has 1 N–H and O–H groups in total. The van der Waals surface area contributed by atoms with Crippen LogP contribution in [0.3, 0.4) is 0 Å². The number of ketones is 1. The second kappa shape index (κ2) is 6.50. The van der Waals surface area contributed by atoms with Crippen LogP contribution >= 0.6 is 0 Å². The predicted molar refractivity (Wildman–Crippen MR) is 70.0 cm³/mol. The van der Waals surface area contributed by atoms with Crippen LogP contribution < -0.4 is 0 Å². The third-order valence-corrected chi connectivity index (χ3v) is 3.50. The van der Waals surface area contributed by atoms with Gasteiger partial charge in [-0.05, 0) is 33.2 Å². The Hall–Kier alpha value is -0.410. The summed E-state index contributed by atoms with van der Waals surface area (Å²) < 4.78 is 0. The maximum atomic E-state index is 12.1. The third kappa shape index (κ3) is 5.64. The molecular weight excluding hydrogens is 214 g/mol. The molecule has 1 saturated carbocycles. The van der Waals surface area contributed by atoms with E-state index in [4.69, 9.17) is 0 Å². The topological polar surface area (TPSA) is 40.5 Å². The molecule has 0 heterocycles. The average molecular weight is 241 g/mol. The summed E-state index contributed by atoms with van der Waals surface area (Å²) in [5, 5.41) is 9.79. The van der Waals surface area contributed by atoms with Gasteiger partial charge >= 0.3 is 0 Å². The van der Waals surface area contributed by atoms with Gasteiger partial charge in [0.05, 0.1) is 12.1 Å². The number of likely N-dealkylation sites (N-methyl/N-ethyl adjacent to an activating group) is 1. The standard InChI is InChI=1S/C14H27NO2/c1-4-15(11-14(2,3)17)10-13(16)12-8-6-5-7-9-12/h12,17H,4-11H2,1-3H3. The van der Waals surface area contributed by atoms with Crippen molar-refractivity contribution in [2.75, 3.05) is 19.6 Å². The SMILES string of the molecule is CCN(CC(=O)C1CCCCC1)CC(C)(C)O. The Morgan fingerprint density at radius 1 is 1.29 bits per heavy atom. The van der Waals surface area contributed by atoms with Gasteiger partial charge in [-0.25, -0.2) is 0 Å². The molecule has 17 heavy (non-hydrogen) atoms. The molecule has 0 atom stereocenters.